The summed E-state index contributed by atoms with van der Waals surface area (Å²) in [6, 6.07) is 0. The van der Waals surface area contributed by atoms with Crippen molar-refractivity contribution in [1.29, 1.82) is 0 Å². The van der Waals surface area contributed by atoms with Gasteiger partial charge in [0.05, 0.1) is 32.5 Å². The van der Waals surface area contributed by atoms with Crippen LogP contribution in [0.5, 0.6) is 0 Å². The molecule has 0 saturated carbocycles. The first-order chi connectivity index (χ1) is 20.6. The van der Waals surface area contributed by atoms with Gasteiger partial charge in [0.2, 0.25) is 11.9 Å². The van der Waals surface area contributed by atoms with E-state index in [9.17, 15) is 5.11 Å². The molecule has 0 aliphatic carbocycles. The zero-order valence-corrected chi connectivity index (χ0v) is 25.8. The van der Waals surface area contributed by atoms with Gasteiger partial charge < -0.3 is 48.4 Å². The normalized spacial score (nSPS) is 16.3. The lowest BCUT2D eigenvalue weighted by molar-refractivity contribution is 0.0818. The first-order valence-corrected chi connectivity index (χ1v) is 14.8. The quantitative estimate of drug-likeness (QED) is 0.260. The van der Waals surface area contributed by atoms with E-state index in [-0.39, 0.29) is 18.6 Å². The second-order valence-corrected chi connectivity index (χ2v) is 10.7. The maximum atomic E-state index is 9.77. The summed E-state index contributed by atoms with van der Waals surface area (Å²) in [4.78, 5) is 29.1. The van der Waals surface area contributed by atoms with E-state index in [4.69, 9.17) is 43.6 Å². The zero-order chi connectivity index (χ0) is 29.9. The first kappa shape index (κ1) is 32.3. The molecule has 2 aliphatic rings. The molecule has 0 aromatic carbocycles. The summed E-state index contributed by atoms with van der Waals surface area (Å²) in [6.07, 6.45) is 2.03. The number of nitrogens with zero attached hydrogens (tertiary/aromatic N) is 8. The number of hydrogen-bond acceptors (Lipinski definition) is 14. The van der Waals surface area contributed by atoms with E-state index >= 15 is 0 Å². The van der Waals surface area contributed by atoms with Crippen molar-refractivity contribution in [1.82, 2.24) is 19.9 Å². The summed E-state index contributed by atoms with van der Waals surface area (Å²) < 4.78 is 27.3. The SMILES string of the molecule is COCCN(CCOC)c1nc(N2CC(CO)C2)c2nc(N(CCOC)CCOC)nc(N3CCC(OC)CC3)c2n1. The molecule has 4 rings (SSSR count). The van der Waals surface area contributed by atoms with E-state index in [0.29, 0.717) is 88.6 Å². The van der Waals surface area contributed by atoms with E-state index in [1.54, 1.807) is 35.5 Å². The summed E-state index contributed by atoms with van der Waals surface area (Å²) in [5.41, 5.74) is 1.41. The maximum Gasteiger partial charge on any atom is 0.228 e. The number of rotatable bonds is 18. The molecule has 42 heavy (non-hydrogen) atoms. The van der Waals surface area contributed by atoms with Crippen molar-refractivity contribution in [2.75, 3.05) is 141 Å². The van der Waals surface area contributed by atoms with Gasteiger partial charge in [-0.1, -0.05) is 0 Å². The molecule has 0 radical (unpaired) electrons. The Balaban J connectivity index is 1.88. The van der Waals surface area contributed by atoms with Crippen LogP contribution in [-0.2, 0) is 23.7 Å². The molecule has 4 heterocycles. The van der Waals surface area contributed by atoms with Crippen LogP contribution in [-0.4, -0.2) is 152 Å². The number of aliphatic hydroxyl groups excluding tert-OH is 1. The fourth-order valence-electron chi connectivity index (χ4n) is 5.28. The summed E-state index contributed by atoms with van der Waals surface area (Å²) in [5.74, 6) is 2.90. The predicted molar refractivity (Wildman–Crippen MR) is 162 cm³/mol. The molecular weight excluding hydrogens is 544 g/mol. The van der Waals surface area contributed by atoms with Gasteiger partial charge in [-0.15, -0.1) is 0 Å². The Morgan fingerprint density at radius 1 is 0.667 bits per heavy atom. The predicted octanol–water partition coefficient (Wildman–Crippen LogP) is 0.662. The molecule has 0 atom stereocenters. The second kappa shape index (κ2) is 16.3. The van der Waals surface area contributed by atoms with Gasteiger partial charge in [-0.2, -0.15) is 9.97 Å². The molecule has 2 aliphatic heterocycles. The van der Waals surface area contributed by atoms with Crippen molar-refractivity contribution in [3.8, 4) is 0 Å². The second-order valence-electron chi connectivity index (χ2n) is 10.7. The van der Waals surface area contributed by atoms with Gasteiger partial charge in [-0.3, -0.25) is 0 Å². The van der Waals surface area contributed by atoms with Crippen molar-refractivity contribution in [2.24, 2.45) is 5.92 Å². The smallest absolute Gasteiger partial charge is 0.228 e. The van der Waals surface area contributed by atoms with Gasteiger partial charge in [0.1, 0.15) is 11.0 Å². The van der Waals surface area contributed by atoms with Crippen LogP contribution in [0.2, 0.25) is 0 Å². The van der Waals surface area contributed by atoms with Crippen molar-refractivity contribution < 1.29 is 28.8 Å². The highest BCUT2D eigenvalue weighted by molar-refractivity contribution is 5.95. The molecule has 2 aromatic heterocycles. The molecule has 14 nitrogen and oxygen atoms in total. The van der Waals surface area contributed by atoms with E-state index < -0.39 is 0 Å². The number of hydrogen-bond donors (Lipinski definition) is 1. The van der Waals surface area contributed by atoms with Gasteiger partial charge in [0.25, 0.3) is 0 Å². The number of ether oxygens (including phenoxy) is 5. The van der Waals surface area contributed by atoms with E-state index in [2.05, 4.69) is 19.6 Å². The molecular formula is C28H48N8O6. The third-order valence-corrected chi connectivity index (χ3v) is 7.90. The molecule has 1 N–H and O–H groups in total. The van der Waals surface area contributed by atoms with E-state index in [0.717, 1.165) is 37.6 Å². The first-order valence-electron chi connectivity index (χ1n) is 14.8. The van der Waals surface area contributed by atoms with Gasteiger partial charge in [0.15, 0.2) is 11.6 Å². The van der Waals surface area contributed by atoms with E-state index in [1.807, 2.05) is 0 Å². The van der Waals surface area contributed by atoms with Gasteiger partial charge >= 0.3 is 0 Å². The Morgan fingerprint density at radius 2 is 1.10 bits per heavy atom. The molecule has 0 unspecified atom stereocenters. The number of methoxy groups -OCH3 is 5. The number of anilines is 4. The highest BCUT2D eigenvalue weighted by Crippen LogP contribution is 2.36. The number of fused-ring (bicyclic) bond motifs is 1. The fourth-order valence-corrected chi connectivity index (χ4v) is 5.28. The average molecular weight is 593 g/mol. The lowest BCUT2D eigenvalue weighted by atomic mass is 10.0. The molecule has 0 bridgehead atoms. The Bertz CT molecular complexity index is 1080. The van der Waals surface area contributed by atoms with Crippen molar-refractivity contribution in [2.45, 2.75) is 18.9 Å². The van der Waals surface area contributed by atoms with Gasteiger partial charge in [0, 0.05) is 100 Å². The van der Waals surface area contributed by atoms with Crippen LogP contribution in [0, 0.1) is 5.92 Å². The minimum atomic E-state index is 0.141. The van der Waals surface area contributed by atoms with Crippen LogP contribution in [0.15, 0.2) is 0 Å². The van der Waals surface area contributed by atoms with Crippen molar-refractivity contribution in [3.05, 3.63) is 0 Å². The molecule has 2 saturated heterocycles. The summed E-state index contributed by atoms with van der Waals surface area (Å²) in [7, 11) is 8.53. The number of piperidine rings is 1. The van der Waals surface area contributed by atoms with Crippen LogP contribution >= 0.6 is 0 Å². The van der Waals surface area contributed by atoms with Crippen molar-refractivity contribution in [3.63, 3.8) is 0 Å². The minimum absolute atomic E-state index is 0.141. The highest BCUT2D eigenvalue weighted by atomic mass is 16.5. The summed E-state index contributed by atoms with van der Waals surface area (Å²) >= 11 is 0. The Hall–Kier alpha value is -2.62. The third-order valence-electron chi connectivity index (χ3n) is 7.90. The topological polar surface area (TPSA) is 131 Å². The Labute approximate surface area is 248 Å². The minimum Gasteiger partial charge on any atom is -0.396 e. The fraction of sp³-hybridized carbons (Fsp3) is 0.786. The number of aliphatic hydroxyl groups is 1. The van der Waals surface area contributed by atoms with Crippen LogP contribution in [0.25, 0.3) is 11.0 Å². The maximum absolute atomic E-state index is 9.77. The van der Waals surface area contributed by atoms with E-state index in [1.165, 1.54) is 0 Å². The standard InChI is InChI=1S/C28H48N8O6/c1-38-14-10-34(11-15-39-2)27-30-24-23(25(31-27)33-8-6-22(42-5)7-9-33)29-28(35(12-16-40-3)13-17-41-4)32-26(24)36-18-21(19-36)20-37/h21-22,37H,6-20H2,1-5H3. The van der Waals surface area contributed by atoms with Crippen LogP contribution in [0.1, 0.15) is 12.8 Å². The van der Waals surface area contributed by atoms with Gasteiger partial charge in [-0.05, 0) is 12.8 Å². The van der Waals surface area contributed by atoms with Crippen LogP contribution < -0.4 is 19.6 Å². The third kappa shape index (κ3) is 7.85. The molecule has 2 fully saturated rings. The van der Waals surface area contributed by atoms with Gasteiger partial charge in [-0.25, -0.2) is 9.97 Å². The summed E-state index contributed by atoms with van der Waals surface area (Å²) in [6.45, 7) is 7.68. The largest absolute Gasteiger partial charge is 0.396 e. The Kier molecular flexibility index (Phi) is 12.5. The molecule has 2 aromatic rings. The molecule has 0 spiro atoms. The van der Waals surface area contributed by atoms with Crippen molar-refractivity contribution >= 4 is 34.6 Å². The average Bonchev–Trinajstić information content (AvgIpc) is 3.00. The lowest BCUT2D eigenvalue weighted by Gasteiger charge is -2.40. The molecule has 14 heteroatoms. The monoisotopic (exact) mass is 592 g/mol. The molecule has 236 valence electrons. The number of aromatic nitrogens is 4. The van der Waals surface area contributed by atoms with Crippen LogP contribution in [0.4, 0.5) is 23.5 Å². The lowest BCUT2D eigenvalue weighted by Crippen LogP contribution is -2.49. The molecule has 0 amide bonds. The van der Waals surface area contributed by atoms with Crippen LogP contribution in [0.3, 0.4) is 0 Å². The highest BCUT2D eigenvalue weighted by Gasteiger charge is 2.33. The summed E-state index contributed by atoms with van der Waals surface area (Å²) in [5, 5.41) is 9.77. The Morgan fingerprint density at radius 3 is 1.48 bits per heavy atom. The zero-order valence-electron chi connectivity index (χ0n) is 25.8.